The molecule has 2 aromatic carbocycles. The number of aromatic hydroxyl groups is 1. The van der Waals surface area contributed by atoms with Crippen LogP contribution in [0.1, 0.15) is 5.56 Å². The van der Waals surface area contributed by atoms with Crippen molar-refractivity contribution in [1.82, 2.24) is 0 Å². The number of phenolic OH excluding ortho intramolecular Hbond substituents is 1. The summed E-state index contributed by atoms with van der Waals surface area (Å²) in [6, 6.07) is 11.8. The zero-order valence-corrected chi connectivity index (χ0v) is 14.6. The van der Waals surface area contributed by atoms with E-state index in [-0.39, 0.29) is 5.69 Å². The number of rotatable bonds is 5. The maximum atomic E-state index is 13.4. The second kappa shape index (κ2) is 7.42. The van der Waals surface area contributed by atoms with Gasteiger partial charge in [0, 0.05) is 16.5 Å². The summed E-state index contributed by atoms with van der Waals surface area (Å²) in [4.78, 5) is 1.05. The molecule has 0 bridgehead atoms. The lowest BCUT2D eigenvalue weighted by atomic mass is 10.2. The summed E-state index contributed by atoms with van der Waals surface area (Å²) in [6.07, 6.45) is 0. The first-order valence-electron chi connectivity index (χ1n) is 6.95. The fourth-order valence-electron chi connectivity index (χ4n) is 2.03. The molecule has 0 amide bonds. The van der Waals surface area contributed by atoms with Crippen LogP contribution in [-0.4, -0.2) is 5.11 Å². The molecule has 124 valence electrons. The van der Waals surface area contributed by atoms with E-state index < -0.39 is 17.4 Å². The summed E-state index contributed by atoms with van der Waals surface area (Å²) in [6.45, 7) is 0.387. The number of phenols is 1. The molecule has 0 aliphatic carbocycles. The Labute approximate surface area is 151 Å². The Morgan fingerprint density at radius 1 is 1.08 bits per heavy atom. The molecule has 1 aromatic heterocycles. The zero-order valence-electron chi connectivity index (χ0n) is 12.2. The Kier molecular flexibility index (Phi) is 5.28. The molecule has 1 heterocycles. The highest BCUT2D eigenvalue weighted by Gasteiger charge is 2.13. The molecular weight excluding hydrogens is 372 g/mol. The molecule has 3 aromatic rings. The van der Waals surface area contributed by atoms with Crippen LogP contribution in [0.2, 0.25) is 5.02 Å². The number of hydrogen-bond acceptors (Lipinski definition) is 4. The highest BCUT2D eigenvalue weighted by atomic mass is 35.5. The molecular formula is C17H12ClF2NOS2. The van der Waals surface area contributed by atoms with E-state index in [9.17, 15) is 13.9 Å². The number of benzene rings is 2. The third-order valence-electron chi connectivity index (χ3n) is 3.27. The SMILES string of the molecule is Oc1c(NCc2ccsc2Sc2ccc(Cl)cc2)ccc(F)c1F. The molecule has 0 aliphatic heterocycles. The van der Waals surface area contributed by atoms with E-state index in [1.807, 2.05) is 35.7 Å². The summed E-state index contributed by atoms with van der Waals surface area (Å²) in [7, 11) is 0. The minimum atomic E-state index is -1.25. The Balaban J connectivity index is 1.72. The number of halogens is 3. The van der Waals surface area contributed by atoms with E-state index in [0.717, 1.165) is 20.7 Å². The van der Waals surface area contributed by atoms with E-state index in [1.165, 1.54) is 6.07 Å². The van der Waals surface area contributed by atoms with Crippen molar-refractivity contribution in [2.45, 2.75) is 15.6 Å². The Morgan fingerprint density at radius 2 is 1.83 bits per heavy atom. The van der Waals surface area contributed by atoms with Gasteiger partial charge >= 0.3 is 0 Å². The maximum absolute atomic E-state index is 13.4. The summed E-state index contributed by atoms with van der Waals surface area (Å²) in [5.41, 5.74) is 1.16. The molecule has 0 fully saturated rings. The van der Waals surface area contributed by atoms with Crippen LogP contribution in [0.15, 0.2) is 56.9 Å². The van der Waals surface area contributed by atoms with Crippen molar-refractivity contribution in [3.8, 4) is 5.75 Å². The largest absolute Gasteiger partial charge is 0.503 e. The normalized spacial score (nSPS) is 10.8. The zero-order chi connectivity index (χ0) is 17.1. The monoisotopic (exact) mass is 383 g/mol. The highest BCUT2D eigenvalue weighted by Crippen LogP contribution is 2.36. The minimum Gasteiger partial charge on any atom is -0.503 e. The lowest BCUT2D eigenvalue weighted by Gasteiger charge is -2.10. The lowest BCUT2D eigenvalue weighted by Crippen LogP contribution is -2.01. The molecule has 0 aliphatic rings. The molecule has 0 radical (unpaired) electrons. The van der Waals surface area contributed by atoms with Crippen LogP contribution in [0.3, 0.4) is 0 Å². The van der Waals surface area contributed by atoms with Gasteiger partial charge < -0.3 is 10.4 Å². The van der Waals surface area contributed by atoms with Gasteiger partial charge in [-0.25, -0.2) is 4.39 Å². The number of thiophene rings is 1. The second-order valence-corrected chi connectivity index (χ2v) is 7.60. The van der Waals surface area contributed by atoms with Crippen LogP contribution in [0, 0.1) is 11.6 Å². The fourth-order valence-corrected chi connectivity index (χ4v) is 4.20. The smallest absolute Gasteiger partial charge is 0.202 e. The van der Waals surface area contributed by atoms with Gasteiger partial charge in [0.25, 0.3) is 0 Å². The minimum absolute atomic E-state index is 0.155. The molecule has 0 atom stereocenters. The van der Waals surface area contributed by atoms with E-state index in [2.05, 4.69) is 5.32 Å². The second-order valence-electron chi connectivity index (χ2n) is 4.90. The predicted molar refractivity (Wildman–Crippen MR) is 95.2 cm³/mol. The van der Waals surface area contributed by atoms with Gasteiger partial charge in [-0.15, -0.1) is 11.3 Å². The average molecular weight is 384 g/mol. The molecule has 2 nitrogen and oxygen atoms in total. The van der Waals surface area contributed by atoms with Crippen LogP contribution in [0.5, 0.6) is 5.75 Å². The Morgan fingerprint density at radius 3 is 2.58 bits per heavy atom. The quantitative estimate of drug-likeness (QED) is 0.518. The molecule has 0 saturated carbocycles. The fraction of sp³-hybridized carbons (Fsp3) is 0.0588. The lowest BCUT2D eigenvalue weighted by molar-refractivity contribution is 0.409. The Hall–Kier alpha value is -1.76. The molecule has 3 rings (SSSR count). The van der Waals surface area contributed by atoms with E-state index in [4.69, 9.17) is 11.6 Å². The van der Waals surface area contributed by atoms with Crippen molar-refractivity contribution < 1.29 is 13.9 Å². The van der Waals surface area contributed by atoms with Crippen molar-refractivity contribution in [2.75, 3.05) is 5.32 Å². The van der Waals surface area contributed by atoms with Gasteiger partial charge in [0.15, 0.2) is 11.6 Å². The van der Waals surface area contributed by atoms with E-state index in [1.54, 1.807) is 23.1 Å². The number of nitrogens with one attached hydrogen (secondary N) is 1. The third-order valence-corrected chi connectivity index (χ3v) is 5.76. The molecule has 24 heavy (non-hydrogen) atoms. The first-order chi connectivity index (χ1) is 11.5. The summed E-state index contributed by atoms with van der Waals surface area (Å²) >= 11 is 9.07. The summed E-state index contributed by atoms with van der Waals surface area (Å²) in [5.74, 6) is -3.04. The first-order valence-corrected chi connectivity index (χ1v) is 9.02. The third kappa shape index (κ3) is 3.83. The topological polar surface area (TPSA) is 32.3 Å². The van der Waals surface area contributed by atoms with Gasteiger partial charge in [-0.1, -0.05) is 23.4 Å². The van der Waals surface area contributed by atoms with Crippen molar-refractivity contribution >= 4 is 40.4 Å². The standard InChI is InChI=1S/C17H12ClF2NOS2/c18-11-1-3-12(4-2-11)24-17-10(7-8-23-17)9-21-14-6-5-13(19)15(20)16(14)22/h1-8,21-22H,9H2. The van der Waals surface area contributed by atoms with E-state index in [0.29, 0.717) is 11.6 Å². The molecule has 0 saturated heterocycles. The molecule has 0 unspecified atom stereocenters. The van der Waals surface area contributed by atoms with Gasteiger partial charge in [0.1, 0.15) is 0 Å². The van der Waals surface area contributed by atoms with Gasteiger partial charge in [0.2, 0.25) is 5.82 Å². The first kappa shape index (κ1) is 17.1. The predicted octanol–water partition coefficient (Wildman–Crippen LogP) is 6.15. The van der Waals surface area contributed by atoms with Crippen LogP contribution in [-0.2, 0) is 6.54 Å². The molecule has 0 spiro atoms. The summed E-state index contributed by atoms with van der Waals surface area (Å²) in [5, 5.41) is 15.2. The van der Waals surface area contributed by atoms with Gasteiger partial charge in [-0.05, 0) is 53.4 Å². The highest BCUT2D eigenvalue weighted by molar-refractivity contribution is 8.01. The number of hydrogen-bond donors (Lipinski definition) is 2. The average Bonchev–Trinajstić information content (AvgIpc) is 3.01. The van der Waals surface area contributed by atoms with Crippen LogP contribution < -0.4 is 5.32 Å². The van der Waals surface area contributed by atoms with Crippen molar-refractivity contribution in [3.05, 3.63) is 70.1 Å². The van der Waals surface area contributed by atoms with Crippen LogP contribution in [0.4, 0.5) is 14.5 Å². The van der Waals surface area contributed by atoms with Crippen LogP contribution >= 0.6 is 34.7 Å². The molecule has 2 N–H and O–H groups in total. The van der Waals surface area contributed by atoms with Gasteiger partial charge in [-0.2, -0.15) is 4.39 Å². The van der Waals surface area contributed by atoms with Gasteiger partial charge in [-0.3, -0.25) is 0 Å². The van der Waals surface area contributed by atoms with Crippen molar-refractivity contribution in [3.63, 3.8) is 0 Å². The van der Waals surface area contributed by atoms with Crippen molar-refractivity contribution in [2.24, 2.45) is 0 Å². The van der Waals surface area contributed by atoms with Crippen LogP contribution in [0.25, 0.3) is 0 Å². The number of anilines is 1. The van der Waals surface area contributed by atoms with Crippen molar-refractivity contribution in [1.29, 1.82) is 0 Å². The Bertz CT molecular complexity index is 852. The van der Waals surface area contributed by atoms with Gasteiger partial charge in [0.05, 0.1) is 9.90 Å². The summed E-state index contributed by atoms with van der Waals surface area (Å²) < 4.78 is 27.5. The molecule has 7 heteroatoms. The maximum Gasteiger partial charge on any atom is 0.202 e. The van der Waals surface area contributed by atoms with E-state index >= 15 is 0 Å².